The number of aliphatic hydroxyl groups excluding tert-OH is 1. The van der Waals surface area contributed by atoms with E-state index in [-0.39, 0.29) is 12.4 Å². The summed E-state index contributed by atoms with van der Waals surface area (Å²) in [6.45, 7) is 3.68. The maximum Gasteiger partial charge on any atom is 0.163 e. The number of nitrogens with one attached hydrogen (secondary N) is 3. The normalized spacial score (nSPS) is 10.9. The van der Waals surface area contributed by atoms with Gasteiger partial charge in [-0.3, -0.25) is 4.98 Å². The largest absolute Gasteiger partial charge is 0.395 e. The van der Waals surface area contributed by atoms with Crippen LogP contribution in [0.5, 0.6) is 0 Å². The van der Waals surface area contributed by atoms with E-state index < -0.39 is 0 Å². The van der Waals surface area contributed by atoms with Crippen LogP contribution in [0.15, 0.2) is 53.7 Å². The first-order valence-corrected chi connectivity index (χ1v) is 11.0. The van der Waals surface area contributed by atoms with E-state index in [4.69, 9.17) is 16.2 Å². The maximum absolute atomic E-state index is 9.04. The number of aromatic nitrogens is 3. The van der Waals surface area contributed by atoms with Crippen molar-refractivity contribution in [3.8, 4) is 11.4 Å². The standard InChI is InChI=1S/C22H28N8OS/c1-15(23)19-20(24)27-21(28-22(19)26-10-11-30(2)12-13-31)16-5-7-17(8-6-16)29-32-18-4-3-9-25-14-18/h3-9,14,23,29,31H,10-13H2,1-2H3,(H3,24,26,27,28). The highest BCUT2D eigenvalue weighted by atomic mass is 32.2. The maximum atomic E-state index is 9.04. The van der Waals surface area contributed by atoms with Gasteiger partial charge >= 0.3 is 0 Å². The first-order valence-electron chi connectivity index (χ1n) is 10.2. The number of pyridine rings is 1. The zero-order valence-electron chi connectivity index (χ0n) is 18.2. The van der Waals surface area contributed by atoms with E-state index >= 15 is 0 Å². The quantitative estimate of drug-likeness (QED) is 0.220. The number of anilines is 3. The molecular weight excluding hydrogens is 424 g/mol. The molecule has 3 aromatic rings. The highest BCUT2D eigenvalue weighted by Gasteiger charge is 2.15. The van der Waals surface area contributed by atoms with Crippen LogP contribution in [-0.2, 0) is 0 Å². The molecule has 0 unspecified atom stereocenters. The molecule has 0 saturated carbocycles. The van der Waals surface area contributed by atoms with Crippen LogP contribution < -0.4 is 15.8 Å². The van der Waals surface area contributed by atoms with Crippen molar-refractivity contribution in [1.29, 1.82) is 5.41 Å². The van der Waals surface area contributed by atoms with E-state index in [1.807, 2.05) is 48.3 Å². The van der Waals surface area contributed by atoms with E-state index in [1.165, 1.54) is 11.9 Å². The van der Waals surface area contributed by atoms with Crippen LogP contribution in [-0.4, -0.2) is 64.0 Å². The monoisotopic (exact) mass is 452 g/mol. The van der Waals surface area contributed by atoms with Crippen molar-refractivity contribution in [2.75, 3.05) is 49.1 Å². The number of rotatable bonds is 11. The summed E-state index contributed by atoms with van der Waals surface area (Å²) in [6, 6.07) is 11.6. The summed E-state index contributed by atoms with van der Waals surface area (Å²) in [5.74, 6) is 1.29. The Labute approximate surface area is 192 Å². The molecule has 168 valence electrons. The van der Waals surface area contributed by atoms with Gasteiger partial charge in [-0.15, -0.1) is 0 Å². The summed E-state index contributed by atoms with van der Waals surface area (Å²) >= 11 is 1.48. The third-order valence-corrected chi connectivity index (χ3v) is 5.46. The van der Waals surface area contributed by atoms with E-state index in [0.717, 1.165) is 16.1 Å². The van der Waals surface area contributed by atoms with Crippen LogP contribution in [0.25, 0.3) is 11.4 Å². The second kappa shape index (κ2) is 11.4. The topological polar surface area (TPSA) is 136 Å². The minimum atomic E-state index is 0.109. The van der Waals surface area contributed by atoms with Crippen LogP contribution in [0.2, 0.25) is 0 Å². The molecule has 0 bridgehead atoms. The molecule has 0 atom stereocenters. The molecule has 0 radical (unpaired) electrons. The molecule has 2 heterocycles. The summed E-state index contributed by atoms with van der Waals surface area (Å²) in [6.07, 6.45) is 3.54. The summed E-state index contributed by atoms with van der Waals surface area (Å²) in [5, 5.41) is 20.4. The van der Waals surface area contributed by atoms with Crippen molar-refractivity contribution < 1.29 is 5.11 Å². The highest BCUT2D eigenvalue weighted by molar-refractivity contribution is 8.00. The van der Waals surface area contributed by atoms with Gasteiger partial charge < -0.3 is 31.2 Å². The smallest absolute Gasteiger partial charge is 0.163 e. The molecule has 0 aliphatic rings. The number of nitrogens with zero attached hydrogens (tertiary/aromatic N) is 4. The van der Waals surface area contributed by atoms with Gasteiger partial charge in [-0.25, -0.2) is 9.97 Å². The summed E-state index contributed by atoms with van der Waals surface area (Å²) < 4.78 is 3.28. The van der Waals surface area contributed by atoms with Gasteiger partial charge in [0.05, 0.1) is 12.2 Å². The Morgan fingerprint density at radius 1 is 1.19 bits per heavy atom. The fourth-order valence-electron chi connectivity index (χ4n) is 2.97. The minimum Gasteiger partial charge on any atom is -0.395 e. The Kier molecular flexibility index (Phi) is 8.37. The Hall–Kier alpha value is -3.21. The Morgan fingerprint density at radius 3 is 2.62 bits per heavy atom. The zero-order valence-corrected chi connectivity index (χ0v) is 19.0. The summed E-state index contributed by atoms with van der Waals surface area (Å²) in [7, 11) is 1.93. The molecule has 0 spiro atoms. The summed E-state index contributed by atoms with van der Waals surface area (Å²) in [5.41, 5.74) is 8.75. The van der Waals surface area contributed by atoms with Crippen LogP contribution >= 0.6 is 11.9 Å². The Balaban J connectivity index is 1.74. The average Bonchev–Trinajstić information content (AvgIpc) is 2.78. The van der Waals surface area contributed by atoms with Gasteiger partial charge in [0.25, 0.3) is 0 Å². The lowest BCUT2D eigenvalue weighted by atomic mass is 10.1. The molecule has 0 fully saturated rings. The van der Waals surface area contributed by atoms with Gasteiger partial charge in [0.1, 0.15) is 11.6 Å². The van der Waals surface area contributed by atoms with Crippen molar-refractivity contribution >= 4 is 35.0 Å². The number of hydrogen-bond acceptors (Lipinski definition) is 10. The molecule has 0 aliphatic heterocycles. The molecule has 6 N–H and O–H groups in total. The minimum absolute atomic E-state index is 0.109. The van der Waals surface area contributed by atoms with E-state index in [9.17, 15) is 0 Å². The van der Waals surface area contributed by atoms with Gasteiger partial charge in [-0.05, 0) is 62.3 Å². The number of nitrogens with two attached hydrogens (primary N) is 1. The van der Waals surface area contributed by atoms with Gasteiger partial charge in [0.2, 0.25) is 0 Å². The SMILES string of the molecule is CC(=N)c1c(N)nc(-c2ccc(NSc3cccnc3)cc2)nc1NCCN(C)CCO. The average molecular weight is 453 g/mol. The third kappa shape index (κ3) is 6.39. The molecule has 0 amide bonds. The molecular formula is C22H28N8OS. The molecule has 32 heavy (non-hydrogen) atoms. The van der Waals surface area contributed by atoms with Crippen molar-refractivity contribution in [2.24, 2.45) is 0 Å². The molecule has 3 rings (SSSR count). The first-order chi connectivity index (χ1) is 15.5. The number of hydrogen-bond donors (Lipinski definition) is 5. The molecule has 1 aromatic carbocycles. The Bertz CT molecular complexity index is 1030. The van der Waals surface area contributed by atoms with Crippen LogP contribution in [0, 0.1) is 5.41 Å². The lowest BCUT2D eigenvalue weighted by Gasteiger charge is -2.18. The van der Waals surface area contributed by atoms with Crippen molar-refractivity contribution in [3.05, 3.63) is 54.4 Å². The van der Waals surface area contributed by atoms with Crippen LogP contribution in [0.4, 0.5) is 17.3 Å². The molecule has 0 aliphatic carbocycles. The lowest BCUT2D eigenvalue weighted by molar-refractivity contribution is 0.225. The number of nitrogen functional groups attached to an aromatic ring is 1. The number of benzene rings is 1. The fourth-order valence-corrected chi connectivity index (χ4v) is 3.60. The van der Waals surface area contributed by atoms with Crippen molar-refractivity contribution in [3.63, 3.8) is 0 Å². The Morgan fingerprint density at radius 2 is 1.97 bits per heavy atom. The second-order valence-electron chi connectivity index (χ2n) is 7.20. The number of aliphatic hydroxyl groups is 1. The van der Waals surface area contributed by atoms with Crippen molar-refractivity contribution in [1.82, 2.24) is 19.9 Å². The second-order valence-corrected chi connectivity index (χ2v) is 8.08. The van der Waals surface area contributed by atoms with Crippen LogP contribution in [0.3, 0.4) is 0 Å². The third-order valence-electron chi connectivity index (χ3n) is 4.64. The van der Waals surface area contributed by atoms with Gasteiger partial charge in [-0.2, -0.15) is 0 Å². The fraction of sp³-hybridized carbons (Fsp3) is 0.273. The lowest BCUT2D eigenvalue weighted by Crippen LogP contribution is -2.28. The molecule has 9 nitrogen and oxygen atoms in total. The van der Waals surface area contributed by atoms with Gasteiger partial charge in [-0.1, -0.05) is 0 Å². The van der Waals surface area contributed by atoms with E-state index in [2.05, 4.69) is 25.0 Å². The zero-order chi connectivity index (χ0) is 22.9. The van der Waals surface area contributed by atoms with E-state index in [1.54, 1.807) is 19.3 Å². The highest BCUT2D eigenvalue weighted by Crippen LogP contribution is 2.27. The number of likely N-dealkylation sites (N-methyl/N-ethyl adjacent to an activating group) is 1. The molecule has 2 aromatic heterocycles. The van der Waals surface area contributed by atoms with Gasteiger partial charge in [0, 0.05) is 53.9 Å². The molecule has 10 heteroatoms. The van der Waals surface area contributed by atoms with E-state index in [0.29, 0.717) is 42.6 Å². The predicted octanol–water partition coefficient (Wildman–Crippen LogP) is 2.96. The molecule has 0 saturated heterocycles. The van der Waals surface area contributed by atoms with Gasteiger partial charge in [0.15, 0.2) is 5.82 Å². The van der Waals surface area contributed by atoms with Crippen LogP contribution in [0.1, 0.15) is 12.5 Å². The predicted molar refractivity (Wildman–Crippen MR) is 131 cm³/mol. The van der Waals surface area contributed by atoms with Crippen molar-refractivity contribution in [2.45, 2.75) is 11.8 Å². The first kappa shape index (κ1) is 23.5. The summed E-state index contributed by atoms with van der Waals surface area (Å²) in [4.78, 5) is 16.2.